The number of hydrogen-bond donors (Lipinski definition) is 0. The van der Waals surface area contributed by atoms with Gasteiger partial charge in [-0.15, -0.1) is 0 Å². The largest absolute Gasteiger partial charge is 0.462 e. The lowest BCUT2D eigenvalue weighted by Crippen LogP contribution is -2.30. The standard InChI is InChI=1S/C74H122O6/c1-4-7-10-13-16-19-22-25-27-29-30-31-32-33-34-35-36-37-38-39-40-41-42-43-44-45-47-49-52-55-58-61-64-67-73(76)79-70-71(69-78-72(75)66-63-60-57-54-51-48-24-21-18-15-12-9-6-3)80-74(77)68-65-62-59-56-53-50-46-28-26-23-20-17-14-11-8-5-2/h7,10,12,15-16,19,21,24-25,27-28,30-31,33-34,36-37,39-40,42-43,46,71H,4-6,8-9,11,13-14,17-18,20,22-23,26,29,32,35,38,41,44-45,47-70H2,1-3H3/b10-7-,15-12-,19-16-,24-21-,27-25-,31-30-,34-33-,37-36-,40-39-,43-42-,46-28-. The van der Waals surface area contributed by atoms with Gasteiger partial charge in [0.25, 0.3) is 0 Å². The minimum absolute atomic E-state index is 0.0925. The van der Waals surface area contributed by atoms with Crippen LogP contribution in [0.5, 0.6) is 0 Å². The number of carbonyl (C=O) groups is 3. The molecule has 6 heteroatoms. The van der Waals surface area contributed by atoms with Gasteiger partial charge in [0.05, 0.1) is 0 Å². The van der Waals surface area contributed by atoms with Crippen LogP contribution in [0.15, 0.2) is 134 Å². The van der Waals surface area contributed by atoms with Crippen LogP contribution in [0.3, 0.4) is 0 Å². The first-order valence-corrected chi connectivity index (χ1v) is 33.2. The molecule has 0 spiro atoms. The summed E-state index contributed by atoms with van der Waals surface area (Å²) in [5.41, 5.74) is 0. The van der Waals surface area contributed by atoms with E-state index in [1.165, 1.54) is 96.3 Å². The van der Waals surface area contributed by atoms with Gasteiger partial charge in [-0.1, -0.05) is 276 Å². The number of esters is 3. The number of hydrogen-bond acceptors (Lipinski definition) is 6. The van der Waals surface area contributed by atoms with Crippen LogP contribution in [0.4, 0.5) is 0 Å². The monoisotopic (exact) mass is 1110 g/mol. The van der Waals surface area contributed by atoms with E-state index >= 15 is 0 Å². The summed E-state index contributed by atoms with van der Waals surface area (Å²) < 4.78 is 16.9. The van der Waals surface area contributed by atoms with Crippen LogP contribution in [-0.4, -0.2) is 37.2 Å². The first-order chi connectivity index (χ1) is 39.5. The van der Waals surface area contributed by atoms with E-state index in [1.807, 2.05) is 0 Å². The van der Waals surface area contributed by atoms with E-state index in [2.05, 4.69) is 154 Å². The Kier molecular flexibility index (Phi) is 63.3. The molecule has 0 amide bonds. The molecule has 0 rings (SSSR count). The van der Waals surface area contributed by atoms with Crippen molar-refractivity contribution in [3.8, 4) is 0 Å². The Morgan fingerprint density at radius 1 is 0.263 bits per heavy atom. The molecule has 80 heavy (non-hydrogen) atoms. The average molecular weight is 1110 g/mol. The molecule has 0 aliphatic heterocycles. The Labute approximate surface area is 494 Å². The number of unbranched alkanes of at least 4 members (excludes halogenated alkanes) is 26. The molecular weight excluding hydrogens is 985 g/mol. The third-order valence-corrected chi connectivity index (χ3v) is 13.8. The molecule has 0 N–H and O–H groups in total. The third kappa shape index (κ3) is 64.4. The first-order valence-electron chi connectivity index (χ1n) is 33.2. The second kappa shape index (κ2) is 67.1. The average Bonchev–Trinajstić information content (AvgIpc) is 3.46. The number of allylic oxidation sites excluding steroid dienone is 22. The Morgan fingerprint density at radius 2 is 0.512 bits per heavy atom. The van der Waals surface area contributed by atoms with Crippen LogP contribution < -0.4 is 0 Å². The highest BCUT2D eigenvalue weighted by Gasteiger charge is 2.19. The van der Waals surface area contributed by atoms with Crippen molar-refractivity contribution in [3.63, 3.8) is 0 Å². The molecule has 0 aliphatic rings. The second-order valence-corrected chi connectivity index (χ2v) is 21.6. The van der Waals surface area contributed by atoms with Gasteiger partial charge in [-0.25, -0.2) is 0 Å². The van der Waals surface area contributed by atoms with Crippen LogP contribution in [0, 0.1) is 0 Å². The molecule has 0 saturated carbocycles. The molecule has 1 atom stereocenters. The molecule has 454 valence electrons. The van der Waals surface area contributed by atoms with E-state index in [0.29, 0.717) is 19.3 Å². The highest BCUT2D eigenvalue weighted by atomic mass is 16.6. The zero-order chi connectivity index (χ0) is 57.8. The van der Waals surface area contributed by atoms with Crippen molar-refractivity contribution in [3.05, 3.63) is 134 Å². The first kappa shape index (κ1) is 75.5. The maximum Gasteiger partial charge on any atom is 0.306 e. The predicted octanol–water partition coefficient (Wildman–Crippen LogP) is 22.9. The zero-order valence-electron chi connectivity index (χ0n) is 52.0. The maximum absolute atomic E-state index is 12.9. The summed E-state index contributed by atoms with van der Waals surface area (Å²) in [4.78, 5) is 38.3. The fourth-order valence-electron chi connectivity index (χ4n) is 8.90. The van der Waals surface area contributed by atoms with Gasteiger partial charge in [0.1, 0.15) is 13.2 Å². The van der Waals surface area contributed by atoms with Gasteiger partial charge in [0.2, 0.25) is 0 Å². The molecule has 0 heterocycles. The van der Waals surface area contributed by atoms with E-state index in [4.69, 9.17) is 14.2 Å². The fourth-order valence-corrected chi connectivity index (χ4v) is 8.90. The molecule has 0 aromatic carbocycles. The normalized spacial score (nSPS) is 13.0. The van der Waals surface area contributed by atoms with Gasteiger partial charge in [-0.2, -0.15) is 0 Å². The van der Waals surface area contributed by atoms with Crippen molar-refractivity contribution in [1.29, 1.82) is 0 Å². The molecule has 0 aliphatic carbocycles. The van der Waals surface area contributed by atoms with Crippen LogP contribution in [0.1, 0.15) is 297 Å². The predicted molar refractivity (Wildman–Crippen MR) is 348 cm³/mol. The molecule has 0 aromatic heterocycles. The summed E-state index contributed by atoms with van der Waals surface area (Å²) in [5.74, 6) is -0.919. The lowest BCUT2D eigenvalue weighted by Gasteiger charge is -2.18. The van der Waals surface area contributed by atoms with Gasteiger partial charge in [-0.3, -0.25) is 14.4 Å². The Hall–Kier alpha value is -4.45. The molecule has 0 aromatic rings. The summed E-state index contributed by atoms with van der Waals surface area (Å²) in [6.07, 6.45) is 94.6. The van der Waals surface area contributed by atoms with Crippen molar-refractivity contribution in [2.24, 2.45) is 0 Å². The van der Waals surface area contributed by atoms with Gasteiger partial charge >= 0.3 is 17.9 Å². The Bertz CT molecular complexity index is 1700. The van der Waals surface area contributed by atoms with Crippen LogP contribution >= 0.6 is 0 Å². The minimum atomic E-state index is -0.796. The van der Waals surface area contributed by atoms with Gasteiger partial charge < -0.3 is 14.2 Å². The summed E-state index contributed by atoms with van der Waals surface area (Å²) in [7, 11) is 0. The highest BCUT2D eigenvalue weighted by Crippen LogP contribution is 2.15. The molecular formula is C74H122O6. The molecule has 0 fully saturated rings. The van der Waals surface area contributed by atoms with Crippen LogP contribution in [0.2, 0.25) is 0 Å². The van der Waals surface area contributed by atoms with Crippen molar-refractivity contribution in [2.75, 3.05) is 13.2 Å². The minimum Gasteiger partial charge on any atom is -0.462 e. The zero-order valence-corrected chi connectivity index (χ0v) is 52.0. The summed E-state index contributed by atoms with van der Waals surface area (Å²) in [6.45, 7) is 6.44. The van der Waals surface area contributed by atoms with Gasteiger partial charge in [-0.05, 0) is 135 Å². The molecule has 6 nitrogen and oxygen atoms in total. The van der Waals surface area contributed by atoms with Crippen LogP contribution in [0.25, 0.3) is 0 Å². The Balaban J connectivity index is 4.29. The van der Waals surface area contributed by atoms with E-state index < -0.39 is 6.10 Å². The number of ether oxygens (including phenoxy) is 3. The molecule has 0 bridgehead atoms. The van der Waals surface area contributed by atoms with Crippen molar-refractivity contribution >= 4 is 17.9 Å². The topological polar surface area (TPSA) is 78.9 Å². The van der Waals surface area contributed by atoms with Crippen LogP contribution in [-0.2, 0) is 28.6 Å². The lowest BCUT2D eigenvalue weighted by atomic mass is 10.1. The van der Waals surface area contributed by atoms with E-state index in [0.717, 1.165) is 161 Å². The van der Waals surface area contributed by atoms with Crippen molar-refractivity contribution in [1.82, 2.24) is 0 Å². The summed E-state index contributed by atoms with van der Waals surface area (Å²) in [5, 5.41) is 0. The number of carbonyl (C=O) groups excluding carboxylic acids is 3. The fraction of sp³-hybridized carbons (Fsp3) is 0.662. The molecule has 0 saturated heterocycles. The molecule has 1 unspecified atom stereocenters. The lowest BCUT2D eigenvalue weighted by molar-refractivity contribution is -0.167. The SMILES string of the molecule is CC/C=C\C/C=C\C/C=C\C/C=C\C/C=C\C/C=C\C/C=C\C/C=C\CCCCCCCCCCC(=O)OCC(COC(=O)CCCCCCC/C=C\C/C=C\CCC)OC(=O)CCCCCCC/C=C\CCCCCCCCC. The van der Waals surface area contributed by atoms with Gasteiger partial charge in [0.15, 0.2) is 6.10 Å². The second-order valence-electron chi connectivity index (χ2n) is 21.6. The third-order valence-electron chi connectivity index (χ3n) is 13.8. The smallest absolute Gasteiger partial charge is 0.306 e. The highest BCUT2D eigenvalue weighted by molar-refractivity contribution is 5.71. The Morgan fingerprint density at radius 3 is 0.825 bits per heavy atom. The van der Waals surface area contributed by atoms with E-state index in [9.17, 15) is 14.4 Å². The maximum atomic E-state index is 12.9. The van der Waals surface area contributed by atoms with E-state index in [1.54, 1.807) is 0 Å². The summed E-state index contributed by atoms with van der Waals surface area (Å²) in [6, 6.07) is 0. The van der Waals surface area contributed by atoms with Gasteiger partial charge in [0, 0.05) is 19.3 Å². The summed E-state index contributed by atoms with van der Waals surface area (Å²) >= 11 is 0. The molecule has 0 radical (unpaired) electrons. The van der Waals surface area contributed by atoms with Crippen molar-refractivity contribution < 1.29 is 28.6 Å². The van der Waals surface area contributed by atoms with E-state index in [-0.39, 0.29) is 31.1 Å². The number of rotatable bonds is 59. The quantitative estimate of drug-likeness (QED) is 0.0261. The van der Waals surface area contributed by atoms with Crippen molar-refractivity contribution in [2.45, 2.75) is 303 Å².